The van der Waals surface area contributed by atoms with Gasteiger partial charge in [0.1, 0.15) is 5.57 Å². The second-order valence-corrected chi connectivity index (χ2v) is 9.31. The highest BCUT2D eigenvalue weighted by Crippen LogP contribution is 2.32. The molecule has 0 aromatic heterocycles. The Morgan fingerprint density at radius 1 is 1.03 bits per heavy atom. The molecule has 2 N–H and O–H groups in total. The van der Waals surface area contributed by atoms with E-state index >= 15 is 0 Å². The van der Waals surface area contributed by atoms with Gasteiger partial charge in [-0.05, 0) is 73.9 Å². The first-order valence-corrected chi connectivity index (χ1v) is 12.3. The fraction of sp³-hybridized carbons (Fsp3) is 0.172. The molecule has 0 radical (unpaired) electrons. The molecule has 3 aromatic carbocycles. The molecule has 0 aliphatic carbocycles. The van der Waals surface area contributed by atoms with Crippen molar-refractivity contribution in [3.05, 3.63) is 87.4 Å². The summed E-state index contributed by atoms with van der Waals surface area (Å²) in [6.07, 6.45) is 1.34. The van der Waals surface area contributed by atoms with E-state index in [9.17, 15) is 19.2 Å². The van der Waals surface area contributed by atoms with Gasteiger partial charge in [-0.3, -0.25) is 19.7 Å². The van der Waals surface area contributed by atoms with E-state index in [2.05, 4.69) is 10.6 Å². The standard InChI is InChI=1S/C29H26ClN3O6/c1-16-8-10-22(17(2)12-16)31-26(34)15-39-24-11-9-19(14-25(24)38-4)13-20-27(35)32-29(37)33(28(20)36)23-7-5-6-21(30)18(23)3/h5-14H,15H2,1-4H3,(H,31,34)(H,32,35,37)/b20-13-. The number of benzene rings is 3. The van der Waals surface area contributed by atoms with Crippen LogP contribution in [0.3, 0.4) is 0 Å². The minimum absolute atomic E-state index is 0.252. The highest BCUT2D eigenvalue weighted by Gasteiger charge is 2.37. The molecule has 5 amide bonds. The van der Waals surface area contributed by atoms with E-state index in [-0.39, 0.29) is 29.5 Å². The zero-order chi connectivity index (χ0) is 28.3. The monoisotopic (exact) mass is 547 g/mol. The zero-order valence-corrected chi connectivity index (χ0v) is 22.5. The second-order valence-electron chi connectivity index (χ2n) is 8.91. The van der Waals surface area contributed by atoms with Gasteiger partial charge in [0.25, 0.3) is 17.7 Å². The van der Waals surface area contributed by atoms with E-state index in [4.69, 9.17) is 21.1 Å². The lowest BCUT2D eigenvalue weighted by atomic mass is 10.1. The number of carbonyl (C=O) groups excluding carboxylic acids is 4. The van der Waals surface area contributed by atoms with Crippen LogP contribution >= 0.6 is 11.6 Å². The van der Waals surface area contributed by atoms with Crippen molar-refractivity contribution in [3.63, 3.8) is 0 Å². The number of urea groups is 1. The molecule has 39 heavy (non-hydrogen) atoms. The lowest BCUT2D eigenvalue weighted by molar-refractivity contribution is -0.122. The third-order valence-electron chi connectivity index (χ3n) is 6.10. The van der Waals surface area contributed by atoms with E-state index in [0.29, 0.717) is 27.6 Å². The van der Waals surface area contributed by atoms with Gasteiger partial charge in [-0.1, -0.05) is 41.4 Å². The zero-order valence-electron chi connectivity index (χ0n) is 21.8. The molecule has 0 spiro atoms. The molecule has 1 heterocycles. The number of hydrogen-bond acceptors (Lipinski definition) is 6. The molecule has 1 saturated heterocycles. The Hall–Kier alpha value is -4.63. The minimum Gasteiger partial charge on any atom is -0.493 e. The number of nitrogens with one attached hydrogen (secondary N) is 2. The number of barbiturate groups is 1. The van der Waals surface area contributed by atoms with Crippen molar-refractivity contribution in [3.8, 4) is 11.5 Å². The van der Waals surface area contributed by atoms with Crippen molar-refractivity contribution in [1.82, 2.24) is 5.32 Å². The van der Waals surface area contributed by atoms with E-state index in [1.165, 1.54) is 13.2 Å². The quantitative estimate of drug-likeness (QED) is 0.319. The topological polar surface area (TPSA) is 114 Å². The molecular weight excluding hydrogens is 522 g/mol. The second kappa shape index (κ2) is 11.4. The van der Waals surface area contributed by atoms with Gasteiger partial charge in [0.05, 0.1) is 12.8 Å². The lowest BCUT2D eigenvalue weighted by Crippen LogP contribution is -2.54. The Kier molecular flexibility index (Phi) is 8.01. The van der Waals surface area contributed by atoms with Gasteiger partial charge in [0, 0.05) is 10.7 Å². The molecule has 1 aliphatic rings. The molecule has 10 heteroatoms. The van der Waals surface area contributed by atoms with Gasteiger partial charge in [0.2, 0.25) is 0 Å². The molecule has 0 bridgehead atoms. The number of nitrogens with zero attached hydrogens (tertiary/aromatic N) is 1. The summed E-state index contributed by atoms with van der Waals surface area (Å²) in [4.78, 5) is 51.6. The number of ether oxygens (including phenoxy) is 2. The van der Waals surface area contributed by atoms with Crippen LogP contribution in [0, 0.1) is 20.8 Å². The highest BCUT2D eigenvalue weighted by atomic mass is 35.5. The number of hydrogen-bond donors (Lipinski definition) is 2. The first kappa shape index (κ1) is 27.4. The lowest BCUT2D eigenvalue weighted by Gasteiger charge is -2.27. The molecule has 9 nitrogen and oxygen atoms in total. The van der Waals surface area contributed by atoms with Crippen LogP contribution in [0.25, 0.3) is 6.08 Å². The molecule has 4 rings (SSSR count). The Morgan fingerprint density at radius 3 is 2.51 bits per heavy atom. The summed E-state index contributed by atoms with van der Waals surface area (Å²) < 4.78 is 11.1. The normalized spacial score (nSPS) is 14.3. The van der Waals surface area contributed by atoms with Crippen molar-refractivity contribution in [2.75, 3.05) is 23.9 Å². The van der Waals surface area contributed by atoms with Crippen LogP contribution in [0.1, 0.15) is 22.3 Å². The Labute approximate surface area is 230 Å². The van der Waals surface area contributed by atoms with Gasteiger partial charge in [0.15, 0.2) is 18.1 Å². The predicted molar refractivity (Wildman–Crippen MR) is 148 cm³/mol. The summed E-state index contributed by atoms with van der Waals surface area (Å²) >= 11 is 6.17. The first-order valence-electron chi connectivity index (χ1n) is 11.9. The predicted octanol–water partition coefficient (Wildman–Crippen LogP) is 4.96. The fourth-order valence-electron chi connectivity index (χ4n) is 4.06. The largest absolute Gasteiger partial charge is 0.493 e. The molecule has 3 aromatic rings. The number of anilines is 2. The van der Waals surface area contributed by atoms with E-state index < -0.39 is 17.8 Å². The average molecular weight is 548 g/mol. The van der Waals surface area contributed by atoms with Crippen LogP contribution in [0.15, 0.2) is 60.2 Å². The summed E-state index contributed by atoms with van der Waals surface area (Å²) in [6.45, 7) is 5.28. The highest BCUT2D eigenvalue weighted by molar-refractivity contribution is 6.40. The molecule has 0 atom stereocenters. The summed E-state index contributed by atoms with van der Waals surface area (Å²) in [5, 5.41) is 5.38. The Morgan fingerprint density at radius 2 is 1.79 bits per heavy atom. The summed E-state index contributed by atoms with van der Waals surface area (Å²) in [5.74, 6) is -1.40. The third-order valence-corrected chi connectivity index (χ3v) is 6.50. The average Bonchev–Trinajstić information content (AvgIpc) is 2.89. The van der Waals surface area contributed by atoms with Crippen LogP contribution in [0.2, 0.25) is 5.02 Å². The smallest absolute Gasteiger partial charge is 0.335 e. The number of halogens is 1. The number of methoxy groups -OCH3 is 1. The molecule has 0 saturated carbocycles. The van der Waals surface area contributed by atoms with Crippen LogP contribution < -0.4 is 25.0 Å². The SMILES string of the molecule is COc1cc(/C=C2/C(=O)NC(=O)N(c3cccc(Cl)c3C)C2=O)ccc1OCC(=O)Nc1ccc(C)cc1C. The minimum atomic E-state index is -0.868. The number of imide groups is 2. The molecule has 200 valence electrons. The van der Waals surface area contributed by atoms with Gasteiger partial charge in [-0.15, -0.1) is 0 Å². The van der Waals surface area contributed by atoms with Crippen LogP contribution in [0.5, 0.6) is 11.5 Å². The van der Waals surface area contributed by atoms with E-state index in [1.54, 1.807) is 43.3 Å². The third kappa shape index (κ3) is 5.94. The van der Waals surface area contributed by atoms with Crippen molar-refractivity contribution in [1.29, 1.82) is 0 Å². The van der Waals surface area contributed by atoms with E-state index in [1.807, 2.05) is 32.0 Å². The number of rotatable bonds is 7. The number of carbonyl (C=O) groups is 4. The number of aryl methyl sites for hydroxylation is 2. The van der Waals surface area contributed by atoms with Crippen molar-refractivity contribution in [2.45, 2.75) is 20.8 Å². The maximum Gasteiger partial charge on any atom is 0.335 e. The Bertz CT molecular complexity index is 1530. The summed E-state index contributed by atoms with van der Waals surface area (Å²) in [6, 6.07) is 14.4. The fourth-order valence-corrected chi connectivity index (χ4v) is 4.23. The van der Waals surface area contributed by atoms with Gasteiger partial charge in [-0.2, -0.15) is 0 Å². The van der Waals surface area contributed by atoms with Crippen LogP contribution in [0.4, 0.5) is 16.2 Å². The molecule has 1 fully saturated rings. The van der Waals surface area contributed by atoms with Gasteiger partial charge >= 0.3 is 6.03 Å². The van der Waals surface area contributed by atoms with Gasteiger partial charge in [-0.25, -0.2) is 9.69 Å². The molecule has 1 aliphatic heterocycles. The van der Waals surface area contributed by atoms with Crippen molar-refractivity contribution < 1.29 is 28.7 Å². The summed E-state index contributed by atoms with van der Waals surface area (Å²) in [5.41, 5.74) is 3.69. The van der Waals surface area contributed by atoms with Crippen molar-refractivity contribution in [2.24, 2.45) is 0 Å². The van der Waals surface area contributed by atoms with E-state index in [0.717, 1.165) is 16.0 Å². The number of amides is 5. The van der Waals surface area contributed by atoms with Crippen LogP contribution in [-0.2, 0) is 14.4 Å². The van der Waals surface area contributed by atoms with Crippen LogP contribution in [-0.4, -0.2) is 37.5 Å². The molecule has 0 unspecified atom stereocenters. The maximum atomic E-state index is 13.2. The Balaban J connectivity index is 1.53. The van der Waals surface area contributed by atoms with Crippen molar-refractivity contribution >= 4 is 52.8 Å². The maximum absolute atomic E-state index is 13.2. The van der Waals surface area contributed by atoms with Gasteiger partial charge < -0.3 is 14.8 Å². The summed E-state index contributed by atoms with van der Waals surface area (Å²) in [7, 11) is 1.43. The first-order chi connectivity index (χ1) is 18.6. The molecular formula is C29H26ClN3O6.